The molecule has 0 aliphatic carbocycles. The Morgan fingerprint density at radius 2 is 2.21 bits per heavy atom. The Bertz CT molecular complexity index is 615. The molecular weight excluding hydrogens is 262 g/mol. The van der Waals surface area contributed by atoms with Gasteiger partial charge < -0.3 is 15.4 Å². The van der Waals surface area contributed by atoms with Gasteiger partial charge in [0.05, 0.1) is 18.4 Å². The van der Waals surface area contributed by atoms with Gasteiger partial charge in [-0.15, -0.1) is 0 Å². The first-order valence-corrected chi connectivity index (χ1v) is 6.55. The number of hydrogen-bond acceptors (Lipinski definition) is 4. The van der Waals surface area contributed by atoms with Gasteiger partial charge in [-0.25, -0.2) is 9.97 Å². The van der Waals surface area contributed by atoms with Gasteiger partial charge in [0, 0.05) is 12.4 Å². The average molecular weight is 278 g/mol. The number of fused-ring (bicyclic) bond motifs is 1. The van der Waals surface area contributed by atoms with Crippen LogP contribution in [0.15, 0.2) is 42.5 Å². The van der Waals surface area contributed by atoms with E-state index in [0.29, 0.717) is 11.7 Å². The zero-order chi connectivity index (χ0) is 13.7. The van der Waals surface area contributed by atoms with Crippen LogP contribution in [-0.2, 0) is 6.54 Å². The molecule has 0 fully saturated rings. The van der Waals surface area contributed by atoms with Crippen LogP contribution in [0.3, 0.4) is 0 Å². The largest absolute Gasteiger partial charge is 0.325 e. The van der Waals surface area contributed by atoms with Gasteiger partial charge in [0.25, 0.3) is 0 Å². The van der Waals surface area contributed by atoms with Crippen LogP contribution >= 0.6 is 11.6 Å². The lowest BCUT2D eigenvalue weighted by molar-refractivity contribution is 0.644. The average Bonchev–Trinajstić information content (AvgIpc) is 2.85. The Labute approximate surface area is 117 Å². The molecule has 0 atom stereocenters. The van der Waals surface area contributed by atoms with Crippen molar-refractivity contribution in [1.82, 2.24) is 25.4 Å². The third-order valence-electron chi connectivity index (χ3n) is 2.49. The van der Waals surface area contributed by atoms with Gasteiger partial charge in [-0.1, -0.05) is 25.4 Å². The minimum atomic E-state index is 0.404. The highest BCUT2D eigenvalue weighted by atomic mass is 35.5. The van der Waals surface area contributed by atoms with E-state index in [2.05, 4.69) is 20.8 Å². The first-order chi connectivity index (χ1) is 9.33. The summed E-state index contributed by atoms with van der Waals surface area (Å²) in [7, 11) is 0. The van der Waals surface area contributed by atoms with E-state index in [-0.39, 0.29) is 0 Å². The summed E-state index contributed by atoms with van der Waals surface area (Å²) in [5.74, 6) is 0. The number of allylic oxidation sites excluding steroid dienone is 3. The monoisotopic (exact) mass is 277 g/mol. The Morgan fingerprint density at radius 1 is 1.37 bits per heavy atom. The molecule has 3 rings (SSSR count). The van der Waals surface area contributed by atoms with E-state index >= 15 is 0 Å². The van der Waals surface area contributed by atoms with Gasteiger partial charge in [0.1, 0.15) is 10.7 Å². The van der Waals surface area contributed by atoms with E-state index in [4.69, 9.17) is 11.6 Å². The summed E-state index contributed by atoms with van der Waals surface area (Å²) in [6.07, 6.45) is 9.27. The highest BCUT2D eigenvalue weighted by molar-refractivity contribution is 6.29. The molecule has 1 aliphatic heterocycles. The van der Waals surface area contributed by atoms with Crippen molar-refractivity contribution in [1.29, 1.82) is 0 Å². The molecule has 0 bridgehead atoms. The van der Waals surface area contributed by atoms with E-state index in [9.17, 15) is 0 Å². The van der Waals surface area contributed by atoms with E-state index in [0.717, 1.165) is 16.9 Å². The summed E-state index contributed by atoms with van der Waals surface area (Å²) in [6.45, 7) is 4.69. The predicted molar refractivity (Wildman–Crippen MR) is 77.4 cm³/mol. The van der Waals surface area contributed by atoms with Crippen LogP contribution in [0.25, 0.3) is 11.2 Å². The maximum Gasteiger partial charge on any atom is 0.160 e. The van der Waals surface area contributed by atoms with Crippen molar-refractivity contribution in [3.8, 4) is 0 Å². The van der Waals surface area contributed by atoms with Gasteiger partial charge in [0.15, 0.2) is 5.65 Å². The zero-order valence-corrected chi connectivity index (χ0v) is 11.6. The molecule has 2 aromatic heterocycles. The second-order valence-electron chi connectivity index (χ2n) is 3.67. The maximum absolute atomic E-state index is 5.85. The van der Waals surface area contributed by atoms with E-state index < -0.39 is 0 Å². The normalized spacial score (nSPS) is 13.1. The summed E-state index contributed by atoms with van der Waals surface area (Å²) < 4.78 is 1.99. The summed E-state index contributed by atoms with van der Waals surface area (Å²) in [5, 5.41) is 0.404. The van der Waals surface area contributed by atoms with E-state index in [1.54, 1.807) is 6.20 Å². The molecule has 0 saturated carbocycles. The SMILES string of the molecule is CC.Clc1cnc2ccn(CC3=CC=CNN3)c2n1. The van der Waals surface area contributed by atoms with Crippen LogP contribution in [0, 0.1) is 0 Å². The smallest absolute Gasteiger partial charge is 0.160 e. The first kappa shape index (κ1) is 13.4. The summed E-state index contributed by atoms with van der Waals surface area (Å²) in [6, 6.07) is 1.92. The summed E-state index contributed by atoms with van der Waals surface area (Å²) in [5.41, 5.74) is 8.67. The fourth-order valence-corrected chi connectivity index (χ4v) is 1.85. The molecule has 5 nitrogen and oxygen atoms in total. The fraction of sp³-hybridized carbons (Fsp3) is 0.231. The van der Waals surface area contributed by atoms with Crippen LogP contribution in [0.2, 0.25) is 5.15 Å². The lowest BCUT2D eigenvalue weighted by Crippen LogP contribution is -2.30. The second-order valence-corrected chi connectivity index (χ2v) is 4.05. The van der Waals surface area contributed by atoms with Gasteiger partial charge >= 0.3 is 0 Å². The van der Waals surface area contributed by atoms with Gasteiger partial charge in [-0.3, -0.25) is 0 Å². The number of nitrogens with zero attached hydrogens (tertiary/aromatic N) is 3. The zero-order valence-electron chi connectivity index (χ0n) is 10.9. The first-order valence-electron chi connectivity index (χ1n) is 6.17. The van der Waals surface area contributed by atoms with Crippen LogP contribution in [0.5, 0.6) is 0 Å². The summed E-state index contributed by atoms with van der Waals surface area (Å²) >= 11 is 5.85. The number of rotatable bonds is 2. The van der Waals surface area contributed by atoms with Crippen molar-refractivity contribution in [2.24, 2.45) is 0 Å². The van der Waals surface area contributed by atoms with Crippen LogP contribution in [0.1, 0.15) is 13.8 Å². The molecule has 1 aliphatic rings. The number of nitrogens with one attached hydrogen (secondary N) is 2. The van der Waals surface area contributed by atoms with E-state index in [1.165, 1.54) is 0 Å². The Kier molecular flexibility index (Phi) is 4.41. The van der Waals surface area contributed by atoms with Crippen molar-refractivity contribution in [3.63, 3.8) is 0 Å². The molecule has 0 radical (unpaired) electrons. The van der Waals surface area contributed by atoms with Crippen molar-refractivity contribution in [3.05, 3.63) is 47.7 Å². The van der Waals surface area contributed by atoms with Crippen LogP contribution < -0.4 is 10.9 Å². The highest BCUT2D eigenvalue weighted by Gasteiger charge is 2.06. The van der Waals surface area contributed by atoms with Gasteiger partial charge in [-0.2, -0.15) is 0 Å². The number of hydrogen-bond donors (Lipinski definition) is 2. The molecule has 6 heteroatoms. The maximum atomic E-state index is 5.85. The van der Waals surface area contributed by atoms with Crippen molar-refractivity contribution < 1.29 is 0 Å². The third kappa shape index (κ3) is 3.06. The van der Waals surface area contributed by atoms with Crippen LogP contribution in [0.4, 0.5) is 0 Å². The van der Waals surface area contributed by atoms with Gasteiger partial charge in [-0.05, 0) is 18.2 Å². The highest BCUT2D eigenvalue weighted by Crippen LogP contribution is 2.14. The lowest BCUT2D eigenvalue weighted by atomic mass is 10.3. The second kappa shape index (κ2) is 6.24. The molecule has 0 amide bonds. The van der Waals surface area contributed by atoms with Crippen molar-refractivity contribution >= 4 is 22.8 Å². The topological polar surface area (TPSA) is 54.8 Å². The molecule has 19 heavy (non-hydrogen) atoms. The molecule has 0 aromatic carbocycles. The minimum Gasteiger partial charge on any atom is -0.325 e. The molecular formula is C13H16ClN5. The molecule has 0 saturated heterocycles. The predicted octanol–water partition coefficient (Wildman–Crippen LogP) is 2.62. The quantitative estimate of drug-likeness (QED) is 0.886. The molecule has 100 valence electrons. The number of aromatic nitrogens is 3. The molecule has 0 unspecified atom stereocenters. The minimum absolute atomic E-state index is 0.404. The Hall–Kier alpha value is -2.01. The summed E-state index contributed by atoms with van der Waals surface area (Å²) in [4.78, 5) is 8.48. The van der Waals surface area contributed by atoms with Crippen molar-refractivity contribution in [2.75, 3.05) is 0 Å². The standard InChI is InChI=1S/C11H10ClN5.C2H6/c12-10-6-13-9-3-5-17(11(9)15-10)7-8-2-1-4-14-16-8;1-2/h1-6,14,16H,7H2;1-2H3. The lowest BCUT2D eigenvalue weighted by Gasteiger charge is -2.14. The molecule has 2 aromatic rings. The van der Waals surface area contributed by atoms with E-state index in [1.807, 2.05) is 49.0 Å². The molecule has 3 heterocycles. The number of hydrazine groups is 1. The molecule has 2 N–H and O–H groups in total. The van der Waals surface area contributed by atoms with Gasteiger partial charge in [0.2, 0.25) is 0 Å². The fourth-order valence-electron chi connectivity index (χ4n) is 1.72. The van der Waals surface area contributed by atoms with Crippen molar-refractivity contribution in [2.45, 2.75) is 20.4 Å². The van der Waals surface area contributed by atoms with Crippen LogP contribution in [-0.4, -0.2) is 14.5 Å². The Balaban J connectivity index is 0.000000637. The molecule has 0 spiro atoms. The third-order valence-corrected chi connectivity index (χ3v) is 2.67. The number of halogens is 1. The Morgan fingerprint density at radius 3 is 2.95 bits per heavy atom.